The van der Waals surface area contributed by atoms with Crippen LogP contribution in [0.1, 0.15) is 37.7 Å². The van der Waals surface area contributed by atoms with Gasteiger partial charge in [-0.2, -0.15) is 0 Å². The van der Waals surface area contributed by atoms with E-state index in [0.717, 1.165) is 37.7 Å². The van der Waals surface area contributed by atoms with Crippen molar-refractivity contribution in [2.45, 2.75) is 54.9 Å². The van der Waals surface area contributed by atoms with Gasteiger partial charge in [0.2, 0.25) is 9.84 Å². The quantitative estimate of drug-likeness (QED) is 0.842. The summed E-state index contributed by atoms with van der Waals surface area (Å²) >= 11 is 0. The molecule has 0 radical (unpaired) electrons. The highest BCUT2D eigenvalue weighted by Crippen LogP contribution is 2.41. The number of hydrogen-bond donors (Lipinski definition) is 0. The highest BCUT2D eigenvalue weighted by Gasteiger charge is 2.51. The second-order valence-corrected chi connectivity index (χ2v) is 7.72. The number of hydrogen-bond acceptors (Lipinski definition) is 4. The summed E-state index contributed by atoms with van der Waals surface area (Å²) in [5.74, 6) is 0. The zero-order valence-corrected chi connectivity index (χ0v) is 12.4. The van der Waals surface area contributed by atoms with E-state index >= 15 is 0 Å². The third-order valence-electron chi connectivity index (χ3n) is 4.28. The zero-order chi connectivity index (χ0) is 14.2. The van der Waals surface area contributed by atoms with Crippen LogP contribution in [0.4, 0.5) is 0 Å². The number of aliphatic imine (C=N–C) groups is 1. The fraction of sp³-hybridized carbons (Fsp3) is 0.533. The largest absolute Gasteiger partial charge is 0.474 e. The van der Waals surface area contributed by atoms with E-state index in [1.54, 1.807) is 12.1 Å². The predicted octanol–water partition coefficient (Wildman–Crippen LogP) is 2.86. The van der Waals surface area contributed by atoms with E-state index in [1.165, 1.54) is 6.40 Å². The maximum absolute atomic E-state index is 12.8. The lowest BCUT2D eigenvalue weighted by Crippen LogP contribution is -2.45. The number of rotatable bonds is 2. The van der Waals surface area contributed by atoms with Crippen LogP contribution < -0.4 is 0 Å². The van der Waals surface area contributed by atoms with Crippen molar-refractivity contribution in [3.63, 3.8) is 0 Å². The molecule has 5 heteroatoms. The van der Waals surface area contributed by atoms with Gasteiger partial charge >= 0.3 is 0 Å². The number of nitrogens with zero attached hydrogens (tertiary/aromatic N) is 1. The SMILES string of the molecule is Cc1ccc(S(=O)(=O)[C@@H]2N=COC23CCCCC3)cc1. The molecule has 1 atom stereocenters. The minimum atomic E-state index is -3.49. The van der Waals surface area contributed by atoms with Crippen LogP contribution in [0.25, 0.3) is 0 Å². The highest BCUT2D eigenvalue weighted by atomic mass is 32.2. The third-order valence-corrected chi connectivity index (χ3v) is 6.35. The monoisotopic (exact) mass is 293 g/mol. The van der Waals surface area contributed by atoms with Crippen LogP contribution in [0, 0.1) is 6.92 Å². The first-order valence-electron chi connectivity index (χ1n) is 7.05. The summed E-state index contributed by atoms with van der Waals surface area (Å²) in [5.41, 5.74) is 0.407. The molecular weight excluding hydrogens is 274 g/mol. The lowest BCUT2D eigenvalue weighted by atomic mass is 9.85. The molecule has 0 unspecified atom stereocenters. The maximum Gasteiger partial charge on any atom is 0.205 e. The Labute approximate surface area is 119 Å². The molecule has 3 rings (SSSR count). The number of aryl methyl sites for hydroxylation is 1. The van der Waals surface area contributed by atoms with Crippen molar-refractivity contribution in [3.05, 3.63) is 29.8 Å². The minimum absolute atomic E-state index is 0.334. The normalized spacial score (nSPS) is 24.8. The molecule has 0 saturated heterocycles. The zero-order valence-electron chi connectivity index (χ0n) is 11.6. The molecule has 108 valence electrons. The van der Waals surface area contributed by atoms with Crippen LogP contribution in [0.2, 0.25) is 0 Å². The Morgan fingerprint density at radius 2 is 1.80 bits per heavy atom. The summed E-state index contributed by atoms with van der Waals surface area (Å²) < 4.78 is 31.3. The smallest absolute Gasteiger partial charge is 0.205 e. The molecule has 0 N–H and O–H groups in total. The van der Waals surface area contributed by atoms with Gasteiger partial charge in [0.1, 0.15) is 5.60 Å². The molecule has 0 amide bonds. The molecule has 1 aliphatic heterocycles. The Morgan fingerprint density at radius 3 is 2.45 bits per heavy atom. The number of ether oxygens (including phenoxy) is 1. The number of benzene rings is 1. The van der Waals surface area contributed by atoms with E-state index in [4.69, 9.17) is 4.74 Å². The van der Waals surface area contributed by atoms with Crippen molar-refractivity contribution in [1.82, 2.24) is 0 Å². The van der Waals surface area contributed by atoms with Crippen LogP contribution >= 0.6 is 0 Å². The van der Waals surface area contributed by atoms with Gasteiger partial charge in [-0.05, 0) is 44.7 Å². The second-order valence-electron chi connectivity index (χ2n) is 5.71. The third kappa shape index (κ3) is 2.14. The summed E-state index contributed by atoms with van der Waals surface area (Å²) in [7, 11) is -3.49. The molecule has 1 saturated carbocycles. The van der Waals surface area contributed by atoms with E-state index in [9.17, 15) is 8.42 Å². The van der Waals surface area contributed by atoms with Crippen molar-refractivity contribution in [3.8, 4) is 0 Å². The van der Waals surface area contributed by atoms with Gasteiger partial charge in [0.15, 0.2) is 11.8 Å². The van der Waals surface area contributed by atoms with E-state index in [2.05, 4.69) is 4.99 Å². The van der Waals surface area contributed by atoms with Gasteiger partial charge in [-0.1, -0.05) is 24.1 Å². The van der Waals surface area contributed by atoms with E-state index in [1.807, 2.05) is 19.1 Å². The summed E-state index contributed by atoms with van der Waals surface area (Å²) in [5, 5.41) is -0.794. The first kappa shape index (κ1) is 13.6. The van der Waals surface area contributed by atoms with E-state index in [0.29, 0.717) is 4.90 Å². The summed E-state index contributed by atoms with van der Waals surface area (Å²) in [6.45, 7) is 1.94. The molecular formula is C15H19NO3S. The molecule has 1 aliphatic carbocycles. The van der Waals surface area contributed by atoms with Crippen molar-refractivity contribution in [1.29, 1.82) is 0 Å². The Balaban J connectivity index is 1.97. The van der Waals surface area contributed by atoms with Gasteiger partial charge in [-0.3, -0.25) is 0 Å². The van der Waals surface area contributed by atoms with Crippen LogP contribution in [0.15, 0.2) is 34.2 Å². The lowest BCUT2D eigenvalue weighted by Gasteiger charge is -2.35. The molecule has 20 heavy (non-hydrogen) atoms. The molecule has 1 spiro atoms. The van der Waals surface area contributed by atoms with Crippen LogP contribution in [-0.2, 0) is 14.6 Å². The molecule has 4 nitrogen and oxygen atoms in total. The highest BCUT2D eigenvalue weighted by molar-refractivity contribution is 7.92. The number of sulfone groups is 1. The Bertz CT molecular complexity index is 613. The average molecular weight is 293 g/mol. The molecule has 0 aromatic heterocycles. The lowest BCUT2D eigenvalue weighted by molar-refractivity contribution is 0.0419. The van der Waals surface area contributed by atoms with Gasteiger partial charge in [0, 0.05) is 0 Å². The van der Waals surface area contributed by atoms with Crippen LogP contribution in [0.5, 0.6) is 0 Å². The first-order valence-corrected chi connectivity index (χ1v) is 8.59. The van der Waals surface area contributed by atoms with E-state index in [-0.39, 0.29) is 0 Å². The molecule has 1 aromatic carbocycles. The topological polar surface area (TPSA) is 55.7 Å². The molecule has 1 fully saturated rings. The average Bonchev–Trinajstić information content (AvgIpc) is 2.84. The summed E-state index contributed by atoms with van der Waals surface area (Å²) in [4.78, 5) is 4.48. The maximum atomic E-state index is 12.8. The Hall–Kier alpha value is -1.36. The van der Waals surface area contributed by atoms with Gasteiger partial charge in [0.25, 0.3) is 0 Å². The van der Waals surface area contributed by atoms with Crippen molar-refractivity contribution in [2.75, 3.05) is 0 Å². The molecule has 0 bridgehead atoms. The van der Waals surface area contributed by atoms with Crippen molar-refractivity contribution >= 4 is 16.2 Å². The standard InChI is InChI=1S/C15H19NO3S/c1-12-5-7-13(8-6-12)20(17,18)14-15(19-11-16-14)9-3-2-4-10-15/h5-8,11,14H,2-4,9-10H2,1H3/t14-/m0/s1. The first-order chi connectivity index (χ1) is 9.55. The van der Waals surface area contributed by atoms with E-state index < -0.39 is 20.8 Å². The molecule has 2 aliphatic rings. The summed E-state index contributed by atoms with van der Waals surface area (Å²) in [6.07, 6.45) is 6.02. The van der Waals surface area contributed by atoms with Crippen molar-refractivity contribution < 1.29 is 13.2 Å². The second kappa shape index (κ2) is 4.88. The van der Waals surface area contributed by atoms with Gasteiger partial charge < -0.3 is 4.74 Å². The van der Waals surface area contributed by atoms with Gasteiger partial charge in [-0.25, -0.2) is 13.4 Å². The molecule has 1 aromatic rings. The Morgan fingerprint density at radius 1 is 1.15 bits per heavy atom. The predicted molar refractivity (Wildman–Crippen MR) is 77.5 cm³/mol. The minimum Gasteiger partial charge on any atom is -0.474 e. The van der Waals surface area contributed by atoms with Crippen molar-refractivity contribution in [2.24, 2.45) is 4.99 Å². The fourth-order valence-corrected chi connectivity index (χ4v) is 4.96. The summed E-state index contributed by atoms with van der Waals surface area (Å²) in [6, 6.07) is 6.96. The van der Waals surface area contributed by atoms with Gasteiger partial charge in [-0.15, -0.1) is 0 Å². The fourth-order valence-electron chi connectivity index (χ4n) is 3.12. The van der Waals surface area contributed by atoms with Crippen LogP contribution in [0.3, 0.4) is 0 Å². The van der Waals surface area contributed by atoms with Crippen LogP contribution in [-0.4, -0.2) is 25.8 Å². The molecule has 1 heterocycles. The van der Waals surface area contributed by atoms with Gasteiger partial charge in [0.05, 0.1) is 4.90 Å². The Kier molecular flexibility index (Phi) is 3.32.